The summed E-state index contributed by atoms with van der Waals surface area (Å²) >= 11 is 0. The van der Waals surface area contributed by atoms with Gasteiger partial charge in [-0.1, -0.05) is 42.0 Å². The van der Waals surface area contributed by atoms with E-state index in [2.05, 4.69) is 5.32 Å². The molecule has 0 unspecified atom stereocenters. The maximum atomic E-state index is 12.2. The Morgan fingerprint density at radius 3 is 1.87 bits per heavy atom. The first-order chi connectivity index (χ1) is 11.1. The summed E-state index contributed by atoms with van der Waals surface area (Å²) in [5.74, 6) is 0.106. The van der Waals surface area contributed by atoms with Gasteiger partial charge in [0.2, 0.25) is 0 Å². The zero-order valence-corrected chi connectivity index (χ0v) is 12.8. The second-order valence-corrected chi connectivity index (χ2v) is 5.44. The second-order valence-electron chi connectivity index (χ2n) is 5.44. The molecule has 0 aliphatic heterocycles. The lowest BCUT2D eigenvalue weighted by molar-refractivity contribution is 0.102. The van der Waals surface area contributed by atoms with Crippen LogP contribution in [0.25, 0.3) is 11.1 Å². The maximum Gasteiger partial charge on any atom is 0.255 e. The Kier molecular flexibility index (Phi) is 4.11. The van der Waals surface area contributed by atoms with Crippen LogP contribution in [0.1, 0.15) is 15.9 Å². The topological polar surface area (TPSA) is 49.3 Å². The van der Waals surface area contributed by atoms with E-state index in [1.807, 2.05) is 55.5 Å². The molecule has 0 heterocycles. The van der Waals surface area contributed by atoms with Gasteiger partial charge in [0.1, 0.15) is 5.75 Å². The molecule has 3 aromatic carbocycles. The SMILES string of the molecule is Cc1ccc(NC(=O)c2ccc(-c3ccc(O)cc3)cc2)cc1. The maximum absolute atomic E-state index is 12.2. The number of carbonyl (C=O) groups is 1. The molecule has 3 aromatic rings. The van der Waals surface area contributed by atoms with Crippen molar-refractivity contribution < 1.29 is 9.90 Å². The van der Waals surface area contributed by atoms with Crippen molar-refractivity contribution >= 4 is 11.6 Å². The van der Waals surface area contributed by atoms with Crippen molar-refractivity contribution in [1.82, 2.24) is 0 Å². The van der Waals surface area contributed by atoms with Crippen LogP contribution in [-0.2, 0) is 0 Å². The van der Waals surface area contributed by atoms with Crippen LogP contribution in [0.15, 0.2) is 72.8 Å². The van der Waals surface area contributed by atoms with Crippen molar-refractivity contribution in [1.29, 1.82) is 0 Å². The molecule has 3 nitrogen and oxygen atoms in total. The summed E-state index contributed by atoms with van der Waals surface area (Å²) in [6.45, 7) is 2.01. The summed E-state index contributed by atoms with van der Waals surface area (Å²) in [6.07, 6.45) is 0. The number of aryl methyl sites for hydroxylation is 1. The van der Waals surface area contributed by atoms with Gasteiger partial charge in [-0.25, -0.2) is 0 Å². The summed E-state index contributed by atoms with van der Waals surface area (Å²) < 4.78 is 0. The van der Waals surface area contributed by atoms with E-state index < -0.39 is 0 Å². The molecule has 0 spiro atoms. The third-order valence-corrected chi connectivity index (χ3v) is 3.66. The smallest absolute Gasteiger partial charge is 0.255 e. The molecule has 0 aliphatic rings. The number of aromatic hydroxyl groups is 1. The minimum Gasteiger partial charge on any atom is -0.508 e. The lowest BCUT2D eigenvalue weighted by atomic mass is 10.0. The predicted octanol–water partition coefficient (Wildman–Crippen LogP) is 4.62. The highest BCUT2D eigenvalue weighted by Crippen LogP contribution is 2.22. The predicted molar refractivity (Wildman–Crippen MR) is 92.7 cm³/mol. The van der Waals surface area contributed by atoms with Crippen LogP contribution in [0.2, 0.25) is 0 Å². The fourth-order valence-corrected chi connectivity index (χ4v) is 2.31. The van der Waals surface area contributed by atoms with Crippen LogP contribution in [-0.4, -0.2) is 11.0 Å². The van der Waals surface area contributed by atoms with E-state index in [-0.39, 0.29) is 11.7 Å². The molecule has 1 amide bonds. The van der Waals surface area contributed by atoms with Gasteiger partial charge in [-0.2, -0.15) is 0 Å². The van der Waals surface area contributed by atoms with E-state index in [1.54, 1.807) is 24.3 Å². The Labute approximate surface area is 135 Å². The Hall–Kier alpha value is -3.07. The van der Waals surface area contributed by atoms with Crippen molar-refractivity contribution in [2.75, 3.05) is 5.32 Å². The molecule has 114 valence electrons. The van der Waals surface area contributed by atoms with Crippen LogP contribution >= 0.6 is 0 Å². The standard InChI is InChI=1S/C20H17NO2/c1-14-2-10-18(11-3-14)21-20(23)17-6-4-15(5-7-17)16-8-12-19(22)13-9-16/h2-13,22H,1H3,(H,21,23). The highest BCUT2D eigenvalue weighted by molar-refractivity contribution is 6.04. The number of carbonyl (C=O) groups excluding carboxylic acids is 1. The van der Waals surface area contributed by atoms with Crippen LogP contribution in [0.4, 0.5) is 5.69 Å². The van der Waals surface area contributed by atoms with Crippen molar-refractivity contribution in [2.45, 2.75) is 6.92 Å². The number of amides is 1. The monoisotopic (exact) mass is 303 g/mol. The fraction of sp³-hybridized carbons (Fsp3) is 0.0500. The molecule has 3 rings (SSSR count). The molecule has 3 heteroatoms. The second kappa shape index (κ2) is 6.36. The highest BCUT2D eigenvalue weighted by atomic mass is 16.3. The number of hydrogen-bond donors (Lipinski definition) is 2. The molecule has 0 atom stereocenters. The molecular formula is C20H17NO2. The highest BCUT2D eigenvalue weighted by Gasteiger charge is 2.06. The van der Waals surface area contributed by atoms with Gasteiger partial charge in [-0.05, 0) is 54.4 Å². The average Bonchev–Trinajstić information content (AvgIpc) is 2.58. The first-order valence-electron chi connectivity index (χ1n) is 7.39. The summed E-state index contributed by atoms with van der Waals surface area (Å²) in [5.41, 5.74) is 4.53. The van der Waals surface area contributed by atoms with E-state index >= 15 is 0 Å². The Morgan fingerprint density at radius 1 is 0.783 bits per heavy atom. The van der Waals surface area contributed by atoms with Crippen LogP contribution in [0.3, 0.4) is 0 Å². The molecule has 0 fully saturated rings. The van der Waals surface area contributed by atoms with Gasteiger partial charge in [0, 0.05) is 11.3 Å². The zero-order chi connectivity index (χ0) is 16.2. The minimum atomic E-state index is -0.133. The number of benzene rings is 3. The number of anilines is 1. The van der Waals surface area contributed by atoms with Gasteiger partial charge in [-0.3, -0.25) is 4.79 Å². The Morgan fingerprint density at radius 2 is 1.30 bits per heavy atom. The molecule has 0 aliphatic carbocycles. The number of nitrogens with one attached hydrogen (secondary N) is 1. The summed E-state index contributed by atoms with van der Waals surface area (Å²) in [7, 11) is 0. The fourth-order valence-electron chi connectivity index (χ4n) is 2.31. The molecule has 0 saturated carbocycles. The largest absolute Gasteiger partial charge is 0.508 e. The number of rotatable bonds is 3. The van der Waals surface area contributed by atoms with E-state index in [0.29, 0.717) is 5.56 Å². The third-order valence-electron chi connectivity index (χ3n) is 3.66. The molecule has 0 saturated heterocycles. The first kappa shape index (κ1) is 14.9. The van der Waals surface area contributed by atoms with Gasteiger partial charge in [0.15, 0.2) is 0 Å². The van der Waals surface area contributed by atoms with E-state index in [4.69, 9.17) is 0 Å². The van der Waals surface area contributed by atoms with E-state index in [0.717, 1.165) is 22.4 Å². The van der Waals surface area contributed by atoms with Crippen LogP contribution in [0.5, 0.6) is 5.75 Å². The van der Waals surface area contributed by atoms with Gasteiger partial charge in [0.25, 0.3) is 5.91 Å². The Bertz CT molecular complexity index is 804. The van der Waals surface area contributed by atoms with Gasteiger partial charge >= 0.3 is 0 Å². The normalized spacial score (nSPS) is 10.3. The molecule has 2 N–H and O–H groups in total. The van der Waals surface area contributed by atoms with Gasteiger partial charge in [-0.15, -0.1) is 0 Å². The van der Waals surface area contributed by atoms with Crippen LogP contribution < -0.4 is 5.32 Å². The number of hydrogen-bond acceptors (Lipinski definition) is 2. The minimum absolute atomic E-state index is 0.133. The van der Waals surface area contributed by atoms with E-state index in [1.165, 1.54) is 0 Å². The van der Waals surface area contributed by atoms with Crippen molar-refractivity contribution in [2.24, 2.45) is 0 Å². The quantitative estimate of drug-likeness (QED) is 0.741. The summed E-state index contributed by atoms with van der Waals surface area (Å²) in [6, 6.07) is 22.1. The molecular weight excluding hydrogens is 286 g/mol. The lowest BCUT2D eigenvalue weighted by Crippen LogP contribution is -2.11. The lowest BCUT2D eigenvalue weighted by Gasteiger charge is -2.07. The van der Waals surface area contributed by atoms with Gasteiger partial charge < -0.3 is 10.4 Å². The Balaban J connectivity index is 1.74. The first-order valence-corrected chi connectivity index (χ1v) is 7.39. The number of phenolic OH excluding ortho intramolecular Hbond substituents is 1. The summed E-state index contributed by atoms with van der Waals surface area (Å²) in [4.78, 5) is 12.2. The molecule has 0 aromatic heterocycles. The average molecular weight is 303 g/mol. The zero-order valence-electron chi connectivity index (χ0n) is 12.8. The van der Waals surface area contributed by atoms with Gasteiger partial charge in [0.05, 0.1) is 0 Å². The van der Waals surface area contributed by atoms with E-state index in [9.17, 15) is 9.90 Å². The third kappa shape index (κ3) is 3.58. The number of phenols is 1. The molecule has 0 radical (unpaired) electrons. The molecule has 0 bridgehead atoms. The molecule has 23 heavy (non-hydrogen) atoms. The van der Waals surface area contributed by atoms with Crippen molar-refractivity contribution in [3.05, 3.63) is 83.9 Å². The summed E-state index contributed by atoms with van der Waals surface area (Å²) in [5, 5.41) is 12.2. The van der Waals surface area contributed by atoms with Crippen LogP contribution in [0, 0.1) is 6.92 Å². The van der Waals surface area contributed by atoms with Crippen molar-refractivity contribution in [3.8, 4) is 16.9 Å². The van der Waals surface area contributed by atoms with Crippen molar-refractivity contribution in [3.63, 3.8) is 0 Å².